The molecule has 1 unspecified atom stereocenters. The first-order valence-corrected chi connectivity index (χ1v) is 5.15. The number of hydrogen-bond donors (Lipinski definition) is 1. The summed E-state index contributed by atoms with van der Waals surface area (Å²) in [5.41, 5.74) is 0. The zero-order valence-electron chi connectivity index (χ0n) is 9.57. The van der Waals surface area contributed by atoms with Crippen LogP contribution >= 0.6 is 0 Å². The Bertz CT molecular complexity index is 254. The lowest BCUT2D eigenvalue weighted by Gasteiger charge is -2.23. The zero-order valence-corrected chi connectivity index (χ0v) is 9.57. The molecule has 0 aromatic carbocycles. The molecule has 0 spiro atoms. The zero-order chi connectivity index (χ0) is 13.5. The van der Waals surface area contributed by atoms with E-state index in [9.17, 15) is 22.4 Å². The number of aliphatic hydroxyl groups excluding tert-OH is 1. The molecule has 0 aromatic heterocycles. The molecule has 3 nitrogen and oxygen atoms in total. The van der Waals surface area contributed by atoms with Gasteiger partial charge in [0.05, 0.1) is 6.67 Å². The van der Waals surface area contributed by atoms with E-state index in [-0.39, 0.29) is 6.23 Å². The summed E-state index contributed by atoms with van der Waals surface area (Å²) in [5.74, 6) is 0. The van der Waals surface area contributed by atoms with Crippen molar-refractivity contribution in [3.8, 4) is 0 Å². The maximum atomic E-state index is 9.75. The van der Waals surface area contributed by atoms with Gasteiger partial charge in [0.15, 0.2) is 0 Å². The van der Waals surface area contributed by atoms with Crippen molar-refractivity contribution in [1.29, 1.82) is 0 Å². The van der Waals surface area contributed by atoms with Gasteiger partial charge in [-0.2, -0.15) is 0 Å². The van der Waals surface area contributed by atoms with Crippen molar-refractivity contribution in [2.24, 2.45) is 0 Å². The molecule has 0 fully saturated rings. The molecule has 0 saturated carbocycles. The van der Waals surface area contributed by atoms with Gasteiger partial charge in [-0.1, -0.05) is 19.9 Å². The van der Waals surface area contributed by atoms with Crippen LogP contribution in [-0.2, 0) is 0 Å². The summed E-state index contributed by atoms with van der Waals surface area (Å²) in [6.07, 6.45) is 7.01. The van der Waals surface area contributed by atoms with Gasteiger partial charge < -0.3 is 32.2 Å². The van der Waals surface area contributed by atoms with Crippen molar-refractivity contribution in [2.45, 2.75) is 26.0 Å². The third-order valence-corrected chi connectivity index (χ3v) is 1.94. The molecule has 1 heterocycles. The van der Waals surface area contributed by atoms with Crippen LogP contribution in [0.3, 0.4) is 0 Å². The molecule has 0 bridgehead atoms. The summed E-state index contributed by atoms with van der Waals surface area (Å²) >= 11 is 0. The van der Waals surface area contributed by atoms with Crippen molar-refractivity contribution in [3.05, 3.63) is 25.2 Å². The fourth-order valence-corrected chi connectivity index (χ4v) is 1.19. The molecular weight excluding hydrogens is 239 g/mol. The Morgan fingerprint density at radius 3 is 2.29 bits per heavy atom. The highest BCUT2D eigenvalue weighted by Gasteiger charge is 2.20. The van der Waals surface area contributed by atoms with Gasteiger partial charge >= 0.3 is 7.25 Å². The summed E-state index contributed by atoms with van der Waals surface area (Å²) in [6, 6.07) is 0. The highest BCUT2D eigenvalue weighted by atomic mass is 19.5. The molecule has 1 N–H and O–H groups in total. The minimum absolute atomic E-state index is 0.351. The van der Waals surface area contributed by atoms with E-state index in [1.807, 2.05) is 22.2 Å². The van der Waals surface area contributed by atoms with E-state index in [4.69, 9.17) is 0 Å². The molecule has 1 aliphatic rings. The van der Waals surface area contributed by atoms with Gasteiger partial charge in [0.1, 0.15) is 6.23 Å². The van der Waals surface area contributed by atoms with E-state index in [1.165, 1.54) is 0 Å². The largest absolute Gasteiger partial charge is 0.673 e. The second kappa shape index (κ2) is 7.21. The van der Waals surface area contributed by atoms with Crippen LogP contribution in [0.4, 0.5) is 17.3 Å². The van der Waals surface area contributed by atoms with E-state index in [2.05, 4.69) is 13.5 Å². The molecule has 0 saturated heterocycles. The third kappa shape index (κ3) is 8.61. The van der Waals surface area contributed by atoms with Crippen LogP contribution in [-0.4, -0.2) is 35.1 Å². The van der Waals surface area contributed by atoms with Crippen molar-refractivity contribution in [1.82, 2.24) is 9.80 Å². The van der Waals surface area contributed by atoms with Crippen molar-refractivity contribution < 1.29 is 22.4 Å². The lowest BCUT2D eigenvalue weighted by molar-refractivity contribution is 0.0237. The predicted molar refractivity (Wildman–Crippen MR) is 59.0 cm³/mol. The van der Waals surface area contributed by atoms with Crippen molar-refractivity contribution >= 4 is 7.25 Å². The van der Waals surface area contributed by atoms with Gasteiger partial charge in [-0.05, 0) is 12.6 Å². The normalized spacial score (nSPS) is 16.6. The van der Waals surface area contributed by atoms with Gasteiger partial charge in [0.25, 0.3) is 0 Å². The predicted octanol–water partition coefficient (Wildman–Crippen LogP) is 2.59. The lowest BCUT2D eigenvalue weighted by atomic mass is 10.3. The Balaban J connectivity index is 0.000000437. The Morgan fingerprint density at radius 2 is 1.94 bits per heavy atom. The van der Waals surface area contributed by atoms with E-state index in [0.717, 1.165) is 12.8 Å². The standard InChI is InChI=1S/C9H16N2O.BF4/c1-3-5-9(12)11-7-6-10(4-2)8-11;2-1(3,4)5/h4,6-7,9,12H,2-3,5,8H2,1H3;/q;-1. The number of hydrogen-bond acceptors (Lipinski definition) is 3. The molecular formula is C9H16BF4N2O-. The minimum Gasteiger partial charge on any atom is -0.418 e. The molecule has 0 amide bonds. The first-order valence-electron chi connectivity index (χ1n) is 5.15. The average molecular weight is 255 g/mol. The highest BCUT2D eigenvalue weighted by Crippen LogP contribution is 2.12. The Hall–Kier alpha value is -1.18. The molecule has 0 radical (unpaired) electrons. The molecule has 1 atom stereocenters. The van der Waals surface area contributed by atoms with Crippen LogP contribution < -0.4 is 0 Å². The van der Waals surface area contributed by atoms with Crippen molar-refractivity contribution in [3.63, 3.8) is 0 Å². The average Bonchev–Trinajstić information content (AvgIpc) is 2.63. The summed E-state index contributed by atoms with van der Waals surface area (Å²) < 4.78 is 39.0. The first kappa shape index (κ1) is 15.8. The summed E-state index contributed by atoms with van der Waals surface area (Å²) in [6.45, 7) is 6.43. The van der Waals surface area contributed by atoms with E-state index in [1.54, 1.807) is 6.20 Å². The summed E-state index contributed by atoms with van der Waals surface area (Å²) in [7, 11) is -6.00. The van der Waals surface area contributed by atoms with E-state index < -0.39 is 7.25 Å². The molecule has 17 heavy (non-hydrogen) atoms. The summed E-state index contributed by atoms with van der Waals surface area (Å²) in [4.78, 5) is 3.82. The first-order chi connectivity index (χ1) is 7.77. The van der Waals surface area contributed by atoms with Gasteiger partial charge in [-0.15, -0.1) is 0 Å². The number of halogens is 4. The monoisotopic (exact) mass is 255 g/mol. The van der Waals surface area contributed by atoms with Crippen LogP contribution in [0.2, 0.25) is 0 Å². The number of nitrogens with zero attached hydrogens (tertiary/aromatic N) is 2. The maximum absolute atomic E-state index is 9.75. The Morgan fingerprint density at radius 1 is 1.41 bits per heavy atom. The second-order valence-electron chi connectivity index (χ2n) is 3.41. The molecule has 1 aliphatic heterocycles. The Kier molecular flexibility index (Phi) is 6.71. The minimum atomic E-state index is -6.00. The number of rotatable bonds is 4. The van der Waals surface area contributed by atoms with Crippen LogP contribution in [0.5, 0.6) is 0 Å². The quantitative estimate of drug-likeness (QED) is 0.617. The molecule has 0 aliphatic carbocycles. The topological polar surface area (TPSA) is 26.7 Å². The van der Waals surface area contributed by atoms with Gasteiger partial charge in [0, 0.05) is 12.4 Å². The fraction of sp³-hybridized carbons (Fsp3) is 0.556. The van der Waals surface area contributed by atoms with E-state index >= 15 is 0 Å². The van der Waals surface area contributed by atoms with Crippen LogP contribution in [0, 0.1) is 0 Å². The smallest absolute Gasteiger partial charge is 0.418 e. The Labute approximate surface area is 98.1 Å². The SMILES string of the molecule is C=CN1C=CN(C(O)CCC)C1.F[B-](F)(F)F. The number of aliphatic hydroxyl groups is 1. The van der Waals surface area contributed by atoms with Crippen LogP contribution in [0.1, 0.15) is 19.8 Å². The van der Waals surface area contributed by atoms with E-state index in [0.29, 0.717) is 6.67 Å². The van der Waals surface area contributed by atoms with Crippen molar-refractivity contribution in [2.75, 3.05) is 6.67 Å². The van der Waals surface area contributed by atoms with Gasteiger partial charge in [-0.3, -0.25) is 0 Å². The van der Waals surface area contributed by atoms with Gasteiger partial charge in [-0.25, -0.2) is 0 Å². The highest BCUT2D eigenvalue weighted by molar-refractivity contribution is 6.50. The molecule has 8 heteroatoms. The molecule has 1 rings (SSSR count). The van der Waals surface area contributed by atoms with Gasteiger partial charge in [0.2, 0.25) is 0 Å². The van der Waals surface area contributed by atoms with Crippen LogP contribution in [0.25, 0.3) is 0 Å². The third-order valence-electron chi connectivity index (χ3n) is 1.94. The maximum Gasteiger partial charge on any atom is 0.673 e. The summed E-state index contributed by atoms with van der Waals surface area (Å²) in [5, 5.41) is 9.58. The molecule has 0 aromatic rings. The molecule has 100 valence electrons. The lowest BCUT2D eigenvalue weighted by Crippen LogP contribution is -2.32. The van der Waals surface area contributed by atoms with Crippen LogP contribution in [0.15, 0.2) is 25.2 Å². The fourth-order valence-electron chi connectivity index (χ4n) is 1.19. The second-order valence-corrected chi connectivity index (χ2v) is 3.41.